The van der Waals surface area contributed by atoms with Crippen molar-refractivity contribution in [3.05, 3.63) is 0 Å². The smallest absolute Gasteiger partial charge is 0.132 e. The van der Waals surface area contributed by atoms with E-state index >= 15 is 0 Å². The van der Waals surface area contributed by atoms with Crippen molar-refractivity contribution in [1.29, 1.82) is 0 Å². The maximum Gasteiger partial charge on any atom is 0.132 e. The minimum Gasteiger partial charge on any atom is -0.390 e. The number of rotatable bonds is 2. The van der Waals surface area contributed by atoms with Crippen LogP contribution in [0.15, 0.2) is 0 Å². The molecule has 2 rings (SSSR count). The SMILES string of the molecule is CC(=O)C1CCC2(CC1)CC(O)(C(C)C)C2. The Morgan fingerprint density at radius 2 is 1.75 bits per heavy atom. The molecule has 92 valence electrons. The van der Waals surface area contributed by atoms with Crippen LogP contribution >= 0.6 is 0 Å². The van der Waals surface area contributed by atoms with Crippen LogP contribution in [0.25, 0.3) is 0 Å². The Bertz CT molecular complexity index is 277. The van der Waals surface area contributed by atoms with Crippen molar-refractivity contribution in [3.63, 3.8) is 0 Å². The molecule has 0 amide bonds. The van der Waals surface area contributed by atoms with E-state index in [2.05, 4.69) is 13.8 Å². The summed E-state index contributed by atoms with van der Waals surface area (Å²) in [6, 6.07) is 0. The summed E-state index contributed by atoms with van der Waals surface area (Å²) in [5, 5.41) is 10.3. The van der Waals surface area contributed by atoms with E-state index in [1.165, 1.54) is 0 Å². The lowest BCUT2D eigenvalue weighted by molar-refractivity contribution is -0.172. The van der Waals surface area contributed by atoms with Crippen LogP contribution in [0.3, 0.4) is 0 Å². The Hall–Kier alpha value is -0.370. The number of carbonyl (C=O) groups excluding carboxylic acids is 1. The van der Waals surface area contributed by atoms with Crippen molar-refractivity contribution in [3.8, 4) is 0 Å². The van der Waals surface area contributed by atoms with Gasteiger partial charge in [-0.25, -0.2) is 0 Å². The second kappa shape index (κ2) is 3.83. The van der Waals surface area contributed by atoms with Gasteiger partial charge < -0.3 is 5.11 Å². The summed E-state index contributed by atoms with van der Waals surface area (Å²) in [6.45, 7) is 5.93. The lowest BCUT2D eigenvalue weighted by Gasteiger charge is -2.58. The van der Waals surface area contributed by atoms with Crippen LogP contribution in [-0.4, -0.2) is 16.5 Å². The van der Waals surface area contributed by atoms with Crippen molar-refractivity contribution in [1.82, 2.24) is 0 Å². The molecule has 0 aromatic carbocycles. The minimum atomic E-state index is -0.414. The fourth-order valence-electron chi connectivity index (χ4n) is 3.65. The summed E-state index contributed by atoms with van der Waals surface area (Å²) in [6.07, 6.45) is 6.30. The first kappa shape index (κ1) is 12.1. The van der Waals surface area contributed by atoms with Crippen molar-refractivity contribution >= 4 is 5.78 Å². The predicted molar refractivity (Wildman–Crippen MR) is 64.1 cm³/mol. The van der Waals surface area contributed by atoms with Gasteiger partial charge in [0.25, 0.3) is 0 Å². The lowest BCUT2D eigenvalue weighted by Crippen LogP contribution is -2.56. The monoisotopic (exact) mass is 224 g/mol. The molecule has 1 N–H and O–H groups in total. The second-order valence-corrected chi connectivity index (χ2v) is 6.50. The number of Topliss-reactive ketones (excluding diaryl/α,β-unsaturated/α-hetero) is 1. The number of aliphatic hydroxyl groups is 1. The molecule has 0 aromatic rings. The number of carbonyl (C=O) groups is 1. The zero-order valence-corrected chi connectivity index (χ0v) is 10.8. The van der Waals surface area contributed by atoms with Crippen LogP contribution in [0.5, 0.6) is 0 Å². The molecule has 2 fully saturated rings. The predicted octanol–water partition coefficient (Wildman–Crippen LogP) is 2.93. The standard InChI is InChI=1S/C14H24O2/c1-10(2)14(16)8-13(9-14)6-4-12(5-7-13)11(3)15/h10,12,16H,4-9H2,1-3H3. The fraction of sp³-hybridized carbons (Fsp3) is 0.929. The highest BCUT2D eigenvalue weighted by molar-refractivity contribution is 5.78. The molecule has 2 aliphatic rings. The van der Waals surface area contributed by atoms with Crippen LogP contribution in [-0.2, 0) is 4.79 Å². The van der Waals surface area contributed by atoms with E-state index in [1.54, 1.807) is 6.92 Å². The molecule has 2 saturated carbocycles. The third-order valence-corrected chi connectivity index (χ3v) is 5.06. The van der Waals surface area contributed by atoms with E-state index in [4.69, 9.17) is 0 Å². The molecule has 0 unspecified atom stereocenters. The van der Waals surface area contributed by atoms with Crippen molar-refractivity contribution in [2.45, 2.75) is 64.9 Å². The van der Waals surface area contributed by atoms with Crippen molar-refractivity contribution < 1.29 is 9.90 Å². The minimum absolute atomic E-state index is 0.304. The van der Waals surface area contributed by atoms with Crippen LogP contribution in [0.1, 0.15) is 59.3 Å². The molecular weight excluding hydrogens is 200 g/mol. The van der Waals surface area contributed by atoms with Crippen molar-refractivity contribution in [2.24, 2.45) is 17.3 Å². The summed E-state index contributed by atoms with van der Waals surface area (Å²) >= 11 is 0. The van der Waals surface area contributed by atoms with E-state index < -0.39 is 5.60 Å². The van der Waals surface area contributed by atoms with Gasteiger partial charge in [-0.2, -0.15) is 0 Å². The van der Waals surface area contributed by atoms with Gasteiger partial charge in [0.05, 0.1) is 5.60 Å². The topological polar surface area (TPSA) is 37.3 Å². The molecule has 16 heavy (non-hydrogen) atoms. The van der Waals surface area contributed by atoms with Gasteiger partial charge in [0.1, 0.15) is 5.78 Å². The first-order valence-electron chi connectivity index (χ1n) is 6.60. The summed E-state index contributed by atoms with van der Waals surface area (Å²) in [5.41, 5.74) is -0.0337. The zero-order chi connectivity index (χ0) is 12.0. The number of hydrogen-bond donors (Lipinski definition) is 1. The Labute approximate surface area is 98.4 Å². The third-order valence-electron chi connectivity index (χ3n) is 5.06. The molecule has 0 heterocycles. The molecule has 2 heteroatoms. The Balaban J connectivity index is 1.90. The van der Waals surface area contributed by atoms with Crippen LogP contribution in [0, 0.1) is 17.3 Å². The van der Waals surface area contributed by atoms with E-state index in [9.17, 15) is 9.90 Å². The Kier molecular flexibility index (Phi) is 2.90. The first-order chi connectivity index (χ1) is 7.37. The molecule has 0 radical (unpaired) electrons. The van der Waals surface area contributed by atoms with Crippen LogP contribution < -0.4 is 0 Å². The molecule has 0 bridgehead atoms. The number of hydrogen-bond acceptors (Lipinski definition) is 2. The average molecular weight is 224 g/mol. The lowest BCUT2D eigenvalue weighted by atomic mass is 9.50. The Morgan fingerprint density at radius 1 is 1.25 bits per heavy atom. The van der Waals surface area contributed by atoms with Gasteiger partial charge >= 0.3 is 0 Å². The van der Waals surface area contributed by atoms with Gasteiger partial charge in [0, 0.05) is 5.92 Å². The maximum absolute atomic E-state index is 11.3. The number of ketones is 1. The Morgan fingerprint density at radius 3 is 2.12 bits per heavy atom. The molecule has 2 aliphatic carbocycles. The van der Waals surface area contributed by atoms with Gasteiger partial charge in [0.2, 0.25) is 0 Å². The van der Waals surface area contributed by atoms with E-state index in [0.29, 0.717) is 23.0 Å². The van der Waals surface area contributed by atoms with Gasteiger partial charge in [-0.1, -0.05) is 13.8 Å². The van der Waals surface area contributed by atoms with Gasteiger partial charge in [-0.15, -0.1) is 0 Å². The largest absolute Gasteiger partial charge is 0.390 e. The molecule has 0 aromatic heterocycles. The van der Waals surface area contributed by atoms with E-state index in [1.807, 2.05) is 0 Å². The highest BCUT2D eigenvalue weighted by Crippen LogP contribution is 2.59. The third kappa shape index (κ3) is 1.92. The van der Waals surface area contributed by atoms with Gasteiger partial charge in [-0.3, -0.25) is 4.79 Å². The summed E-state index contributed by atoms with van der Waals surface area (Å²) in [7, 11) is 0. The zero-order valence-electron chi connectivity index (χ0n) is 10.8. The quantitative estimate of drug-likeness (QED) is 0.783. The highest BCUT2D eigenvalue weighted by Gasteiger charge is 2.55. The van der Waals surface area contributed by atoms with Gasteiger partial charge in [-0.05, 0) is 56.8 Å². The van der Waals surface area contributed by atoms with Crippen LogP contribution in [0.4, 0.5) is 0 Å². The molecule has 1 spiro atoms. The van der Waals surface area contributed by atoms with Crippen molar-refractivity contribution in [2.75, 3.05) is 0 Å². The molecule has 0 aliphatic heterocycles. The molecular formula is C14H24O2. The first-order valence-corrected chi connectivity index (χ1v) is 6.60. The normalized spacial score (nSPS) is 43.4. The second-order valence-electron chi connectivity index (χ2n) is 6.50. The molecule has 0 saturated heterocycles. The molecule has 0 atom stereocenters. The average Bonchev–Trinajstić information content (AvgIpc) is 2.16. The summed E-state index contributed by atoms with van der Waals surface area (Å²) in [5.74, 6) is 1.02. The van der Waals surface area contributed by atoms with E-state index in [0.717, 1.165) is 38.5 Å². The fourth-order valence-corrected chi connectivity index (χ4v) is 3.65. The summed E-state index contributed by atoms with van der Waals surface area (Å²) in [4.78, 5) is 11.3. The maximum atomic E-state index is 11.3. The molecule has 2 nitrogen and oxygen atoms in total. The highest BCUT2D eigenvalue weighted by atomic mass is 16.3. The van der Waals surface area contributed by atoms with Crippen LogP contribution in [0.2, 0.25) is 0 Å². The summed E-state index contributed by atoms with van der Waals surface area (Å²) < 4.78 is 0. The van der Waals surface area contributed by atoms with Gasteiger partial charge in [0.15, 0.2) is 0 Å². The van der Waals surface area contributed by atoms with E-state index in [-0.39, 0.29) is 0 Å².